The Hall–Kier alpha value is 1.02. The first-order chi connectivity index (χ1) is 3.46. The summed E-state index contributed by atoms with van der Waals surface area (Å²) < 4.78 is 0. The summed E-state index contributed by atoms with van der Waals surface area (Å²) in [5, 5.41) is 27.9. The molecular weight excluding hydrogens is 214 g/mol. The molecule has 0 radical (unpaired) electrons. The minimum atomic E-state index is -1.83. The van der Waals surface area contributed by atoms with Gasteiger partial charge in [-0.05, 0) is 0 Å². The number of hydrogen-bond donors (Lipinski definition) is 5. The molecule has 0 heterocycles. The molecule has 0 aliphatic rings. The van der Waals surface area contributed by atoms with Gasteiger partial charge in [-0.1, -0.05) is 0 Å². The van der Waals surface area contributed by atoms with E-state index in [1.165, 1.54) is 0 Å². The van der Waals surface area contributed by atoms with E-state index in [2.05, 4.69) is 0 Å². The van der Waals surface area contributed by atoms with Crippen LogP contribution in [0, 0.1) is 0 Å². The van der Waals surface area contributed by atoms with Crippen molar-refractivity contribution in [3.63, 3.8) is 0 Å². The average molecular weight is 225 g/mol. The van der Waals surface area contributed by atoms with E-state index in [-0.39, 0.29) is 81.6 Å². The van der Waals surface area contributed by atoms with Gasteiger partial charge in [0.05, 0.1) is 0 Å². The van der Waals surface area contributed by atoms with Gasteiger partial charge in [0.25, 0.3) is 0 Å². The summed E-state index contributed by atoms with van der Waals surface area (Å²) in [6.07, 6.45) is -3.67. The Morgan fingerprint density at radius 2 is 0.727 bits per heavy atom. The van der Waals surface area contributed by atoms with Gasteiger partial charge < -0.3 is 26.6 Å². The molecule has 0 aromatic rings. The summed E-state index contributed by atoms with van der Waals surface area (Å²) in [7, 11) is 0. The van der Waals surface area contributed by atoms with Gasteiger partial charge in [0, 0.05) is 0 Å². The molecule has 0 aliphatic carbocycles. The topological polar surface area (TPSA) is 150 Å². The third-order valence-electron chi connectivity index (χ3n) is 0. The first-order valence-electron chi connectivity index (χ1n) is 1.30. The molecule has 7 nitrogen and oxygen atoms in total. The number of carboxylic acid groups (broad SMARTS) is 4. The Morgan fingerprint density at radius 1 is 0.727 bits per heavy atom. The van der Waals surface area contributed by atoms with Crippen LogP contribution >= 0.6 is 0 Å². The zero-order valence-corrected chi connectivity index (χ0v) is 4.31. The van der Waals surface area contributed by atoms with Gasteiger partial charge in [0.2, 0.25) is 0 Å². The van der Waals surface area contributed by atoms with Crippen molar-refractivity contribution in [3.05, 3.63) is 0 Å². The van der Waals surface area contributed by atoms with Gasteiger partial charge in [-0.25, -0.2) is 9.59 Å². The van der Waals surface area contributed by atoms with Crippen molar-refractivity contribution < 1.29 is 30.0 Å². The Labute approximate surface area is 122 Å². The third kappa shape index (κ3) is 863. The van der Waals surface area contributed by atoms with Crippen LogP contribution in [0.2, 0.25) is 0 Å². The molecule has 0 atom stereocenters. The Kier molecular flexibility index (Phi) is 60.5. The van der Waals surface area contributed by atoms with E-state index in [0.29, 0.717) is 0 Å². The number of hydrogen-bond acceptors (Lipinski definition) is 3. The first-order valence-corrected chi connectivity index (χ1v) is 1.30. The molecular formula is C2H11Ca2NO6. The summed E-state index contributed by atoms with van der Waals surface area (Å²) in [5.41, 5.74) is 0. The zero-order valence-electron chi connectivity index (χ0n) is 4.31. The molecule has 0 unspecified atom stereocenters. The van der Waals surface area contributed by atoms with Crippen LogP contribution in [0.1, 0.15) is 0 Å². The maximum absolute atomic E-state index is 8.56. The summed E-state index contributed by atoms with van der Waals surface area (Å²) >= 11 is 0. The second-order valence-corrected chi connectivity index (χ2v) is 0.565. The molecule has 64 valence electrons. The molecule has 9 heteroatoms. The van der Waals surface area contributed by atoms with Crippen LogP contribution in [0.4, 0.5) is 9.59 Å². The van der Waals surface area contributed by atoms with Crippen LogP contribution in [0.15, 0.2) is 0 Å². The molecule has 0 aromatic carbocycles. The van der Waals surface area contributed by atoms with Gasteiger partial charge in [-0.3, -0.25) is 0 Å². The van der Waals surface area contributed by atoms with E-state index in [4.69, 9.17) is 30.0 Å². The van der Waals surface area contributed by atoms with Crippen LogP contribution in [0.3, 0.4) is 0 Å². The van der Waals surface area contributed by atoms with E-state index in [9.17, 15) is 0 Å². The van der Waals surface area contributed by atoms with Crippen LogP contribution in [-0.4, -0.2) is 108 Å². The standard InChI is InChI=1S/2CH2O3.2Ca.H3N.4H/c2*2-1(3)4;;;;;;;/h2*(H2,2,3,4);;;1H3;;;;. The predicted molar refractivity (Wildman–Crippen MR) is 43.4 cm³/mol. The summed E-state index contributed by atoms with van der Waals surface area (Å²) in [6.45, 7) is 0. The van der Waals surface area contributed by atoms with Crippen molar-refractivity contribution in [1.82, 2.24) is 6.15 Å². The molecule has 0 saturated carbocycles. The summed E-state index contributed by atoms with van der Waals surface area (Å²) in [5.74, 6) is 0. The fourth-order valence-corrected chi connectivity index (χ4v) is 0. The molecule has 0 aromatic heterocycles. The van der Waals surface area contributed by atoms with E-state index in [1.807, 2.05) is 0 Å². The summed E-state index contributed by atoms with van der Waals surface area (Å²) in [4.78, 5) is 17.1. The van der Waals surface area contributed by atoms with Crippen molar-refractivity contribution in [3.8, 4) is 0 Å². The number of rotatable bonds is 0. The molecule has 0 amide bonds. The first kappa shape index (κ1) is 29.6. The van der Waals surface area contributed by atoms with Gasteiger partial charge in [0.1, 0.15) is 0 Å². The maximum atomic E-state index is 8.56. The van der Waals surface area contributed by atoms with Gasteiger partial charge in [-0.2, -0.15) is 0 Å². The van der Waals surface area contributed by atoms with E-state index < -0.39 is 12.3 Å². The van der Waals surface area contributed by atoms with Crippen molar-refractivity contribution in [2.75, 3.05) is 0 Å². The van der Waals surface area contributed by atoms with Crippen molar-refractivity contribution >= 4 is 87.8 Å². The fraction of sp³-hybridized carbons (Fsp3) is 0. The van der Waals surface area contributed by atoms with Gasteiger partial charge >= 0.3 is 87.8 Å². The third-order valence-corrected chi connectivity index (χ3v) is 0. The van der Waals surface area contributed by atoms with Crippen molar-refractivity contribution in [2.45, 2.75) is 0 Å². The van der Waals surface area contributed by atoms with Crippen LogP contribution in [-0.2, 0) is 0 Å². The fourth-order valence-electron chi connectivity index (χ4n) is 0. The summed E-state index contributed by atoms with van der Waals surface area (Å²) in [6, 6.07) is 0. The molecule has 0 saturated heterocycles. The predicted octanol–water partition coefficient (Wildman–Crippen LogP) is -1.23. The second-order valence-electron chi connectivity index (χ2n) is 0.565. The SMILES string of the molecule is N.O=C(O)O.O=C(O)O.[CaH2].[CaH2]. The minimum absolute atomic E-state index is 0. The van der Waals surface area contributed by atoms with E-state index >= 15 is 0 Å². The van der Waals surface area contributed by atoms with Gasteiger partial charge in [0.15, 0.2) is 0 Å². The second kappa shape index (κ2) is 22.5. The molecule has 0 rings (SSSR count). The van der Waals surface area contributed by atoms with Crippen LogP contribution in [0.25, 0.3) is 0 Å². The van der Waals surface area contributed by atoms with E-state index in [1.54, 1.807) is 0 Å². The zero-order chi connectivity index (χ0) is 7.15. The van der Waals surface area contributed by atoms with Crippen molar-refractivity contribution in [1.29, 1.82) is 0 Å². The average Bonchev–Trinajstić information content (AvgIpc) is 1.25. The molecule has 0 fully saturated rings. The van der Waals surface area contributed by atoms with E-state index in [0.717, 1.165) is 0 Å². The normalized spacial score (nSPS) is 4.36. The Bertz CT molecular complexity index is 76.6. The molecule has 0 bridgehead atoms. The van der Waals surface area contributed by atoms with Crippen LogP contribution < -0.4 is 6.15 Å². The Morgan fingerprint density at radius 3 is 0.727 bits per heavy atom. The molecule has 0 aliphatic heterocycles. The quantitative estimate of drug-likeness (QED) is 0.324. The monoisotopic (exact) mass is 225 g/mol. The Balaban J connectivity index is -0.0000000171. The van der Waals surface area contributed by atoms with Gasteiger partial charge in [-0.15, -0.1) is 0 Å². The number of carbonyl (C=O) groups is 2. The van der Waals surface area contributed by atoms with Crippen molar-refractivity contribution in [2.24, 2.45) is 0 Å². The van der Waals surface area contributed by atoms with Crippen LogP contribution in [0.5, 0.6) is 0 Å². The molecule has 11 heavy (non-hydrogen) atoms. The molecule has 7 N–H and O–H groups in total. The molecule has 0 spiro atoms.